The van der Waals surface area contributed by atoms with Gasteiger partial charge in [-0.15, -0.1) is 0 Å². The second kappa shape index (κ2) is 6.31. The van der Waals surface area contributed by atoms with Crippen LogP contribution in [0.25, 0.3) is 5.82 Å². The zero-order chi connectivity index (χ0) is 16.4. The van der Waals surface area contributed by atoms with E-state index in [0.29, 0.717) is 23.6 Å². The van der Waals surface area contributed by atoms with Gasteiger partial charge < -0.3 is 5.32 Å². The van der Waals surface area contributed by atoms with Crippen molar-refractivity contribution in [1.29, 1.82) is 0 Å². The number of imidazole rings is 1. The molecule has 0 radical (unpaired) electrons. The van der Waals surface area contributed by atoms with Gasteiger partial charge >= 0.3 is 5.69 Å². The predicted molar refractivity (Wildman–Crippen MR) is 85.6 cm³/mol. The van der Waals surface area contributed by atoms with Gasteiger partial charge in [-0.3, -0.25) is 14.7 Å². The van der Waals surface area contributed by atoms with Crippen molar-refractivity contribution >= 4 is 11.6 Å². The summed E-state index contributed by atoms with van der Waals surface area (Å²) in [5.74, 6) is 1.36. The SMILES string of the molecule is Cc1nc(NC2CCCC(C)C2)nc(-n2ccnc2)c1[N+](=O)[O-]. The maximum Gasteiger partial charge on any atom is 0.333 e. The molecule has 0 aliphatic heterocycles. The van der Waals surface area contributed by atoms with Crippen LogP contribution in [0.2, 0.25) is 0 Å². The summed E-state index contributed by atoms with van der Waals surface area (Å²) in [6.07, 6.45) is 9.28. The van der Waals surface area contributed by atoms with Crippen molar-refractivity contribution in [2.24, 2.45) is 5.92 Å². The Kier molecular flexibility index (Phi) is 4.22. The van der Waals surface area contributed by atoms with Crippen molar-refractivity contribution in [1.82, 2.24) is 19.5 Å². The van der Waals surface area contributed by atoms with Gasteiger partial charge in [0.2, 0.25) is 11.8 Å². The third-order valence-corrected chi connectivity index (χ3v) is 4.24. The van der Waals surface area contributed by atoms with Crippen molar-refractivity contribution in [3.63, 3.8) is 0 Å². The summed E-state index contributed by atoms with van der Waals surface area (Å²) in [4.78, 5) is 23.5. The molecule has 0 saturated heterocycles. The fourth-order valence-electron chi connectivity index (χ4n) is 3.14. The number of hydrogen-bond acceptors (Lipinski definition) is 6. The largest absolute Gasteiger partial charge is 0.351 e. The van der Waals surface area contributed by atoms with Crippen LogP contribution in [-0.2, 0) is 0 Å². The molecule has 8 nitrogen and oxygen atoms in total. The number of aromatic nitrogens is 4. The molecular weight excluding hydrogens is 296 g/mol. The molecule has 0 aromatic carbocycles. The molecule has 1 aliphatic rings. The predicted octanol–water partition coefficient (Wildman–Crippen LogP) is 2.87. The van der Waals surface area contributed by atoms with Gasteiger partial charge in [-0.1, -0.05) is 19.8 Å². The molecule has 2 heterocycles. The maximum atomic E-state index is 11.4. The summed E-state index contributed by atoms with van der Waals surface area (Å²) in [6.45, 7) is 3.88. The van der Waals surface area contributed by atoms with Crippen LogP contribution in [0.4, 0.5) is 11.6 Å². The molecule has 3 rings (SSSR count). The Hall–Kier alpha value is -2.51. The first kappa shape index (κ1) is 15.4. The Morgan fingerprint density at radius 1 is 1.39 bits per heavy atom. The lowest BCUT2D eigenvalue weighted by molar-refractivity contribution is -0.385. The van der Waals surface area contributed by atoms with Gasteiger partial charge in [0.1, 0.15) is 12.0 Å². The Labute approximate surface area is 134 Å². The number of aryl methyl sites for hydroxylation is 1. The van der Waals surface area contributed by atoms with Crippen molar-refractivity contribution < 1.29 is 4.92 Å². The highest BCUT2D eigenvalue weighted by molar-refractivity contribution is 5.53. The first-order valence-electron chi connectivity index (χ1n) is 7.82. The van der Waals surface area contributed by atoms with E-state index in [-0.39, 0.29) is 11.5 Å². The van der Waals surface area contributed by atoms with Crippen molar-refractivity contribution in [3.05, 3.63) is 34.5 Å². The van der Waals surface area contributed by atoms with E-state index in [1.165, 1.54) is 19.2 Å². The molecule has 1 saturated carbocycles. The minimum Gasteiger partial charge on any atom is -0.351 e. The van der Waals surface area contributed by atoms with Gasteiger partial charge in [0.15, 0.2) is 0 Å². The first-order chi connectivity index (χ1) is 11.0. The molecule has 122 valence electrons. The molecule has 23 heavy (non-hydrogen) atoms. The molecule has 2 atom stereocenters. The van der Waals surface area contributed by atoms with Crippen molar-refractivity contribution in [2.75, 3.05) is 5.32 Å². The van der Waals surface area contributed by atoms with Crippen LogP contribution in [0.5, 0.6) is 0 Å². The summed E-state index contributed by atoms with van der Waals surface area (Å²) in [5, 5.41) is 14.7. The van der Waals surface area contributed by atoms with Crippen LogP contribution in [-0.4, -0.2) is 30.5 Å². The monoisotopic (exact) mass is 316 g/mol. The Bertz CT molecular complexity index is 700. The molecule has 2 unspecified atom stereocenters. The standard InChI is InChI=1S/C15H20N6O2/c1-10-4-3-5-12(8-10)18-15-17-11(2)13(21(22)23)14(19-15)20-7-6-16-9-20/h6-7,9-10,12H,3-5,8H2,1-2H3,(H,17,18,19). The molecule has 2 aromatic heterocycles. The third-order valence-electron chi connectivity index (χ3n) is 4.24. The van der Waals surface area contributed by atoms with E-state index in [9.17, 15) is 10.1 Å². The molecular formula is C15H20N6O2. The summed E-state index contributed by atoms with van der Waals surface area (Å²) >= 11 is 0. The zero-order valence-electron chi connectivity index (χ0n) is 13.3. The van der Waals surface area contributed by atoms with Crippen molar-refractivity contribution in [3.8, 4) is 5.82 Å². The molecule has 1 fully saturated rings. The molecule has 8 heteroatoms. The van der Waals surface area contributed by atoms with Crippen LogP contribution in [0.15, 0.2) is 18.7 Å². The lowest BCUT2D eigenvalue weighted by Crippen LogP contribution is -2.27. The molecule has 2 aromatic rings. The summed E-state index contributed by atoms with van der Waals surface area (Å²) in [7, 11) is 0. The minimum atomic E-state index is -0.447. The van der Waals surface area contributed by atoms with Crippen LogP contribution in [0.3, 0.4) is 0 Å². The van der Waals surface area contributed by atoms with Gasteiger partial charge in [0.25, 0.3) is 0 Å². The lowest BCUT2D eigenvalue weighted by atomic mass is 9.87. The van der Waals surface area contributed by atoms with Crippen LogP contribution in [0, 0.1) is 23.0 Å². The summed E-state index contributed by atoms with van der Waals surface area (Å²) in [6, 6.07) is 0.315. The van der Waals surface area contributed by atoms with E-state index >= 15 is 0 Å². The third kappa shape index (κ3) is 3.30. The number of nitro groups is 1. The topological polar surface area (TPSA) is 98.8 Å². The van der Waals surface area contributed by atoms with E-state index in [4.69, 9.17) is 0 Å². The lowest BCUT2D eigenvalue weighted by Gasteiger charge is -2.27. The van der Waals surface area contributed by atoms with Gasteiger partial charge in [0, 0.05) is 18.4 Å². The number of hydrogen-bond donors (Lipinski definition) is 1. The van der Waals surface area contributed by atoms with Gasteiger partial charge in [-0.05, 0) is 25.7 Å². The number of rotatable bonds is 4. The molecule has 0 bridgehead atoms. The first-order valence-corrected chi connectivity index (χ1v) is 7.82. The van der Waals surface area contributed by atoms with Gasteiger partial charge in [-0.25, -0.2) is 9.97 Å². The molecule has 1 N–H and O–H groups in total. The maximum absolute atomic E-state index is 11.4. The van der Waals surface area contributed by atoms with Crippen LogP contribution < -0.4 is 5.32 Å². The van der Waals surface area contributed by atoms with E-state index in [2.05, 4.69) is 27.2 Å². The highest BCUT2D eigenvalue weighted by Gasteiger charge is 2.25. The molecule has 0 amide bonds. The fraction of sp³-hybridized carbons (Fsp3) is 0.533. The Morgan fingerprint density at radius 3 is 2.87 bits per heavy atom. The van der Waals surface area contributed by atoms with E-state index < -0.39 is 4.92 Å². The highest BCUT2D eigenvalue weighted by atomic mass is 16.6. The quantitative estimate of drug-likeness (QED) is 0.688. The fourth-order valence-corrected chi connectivity index (χ4v) is 3.14. The van der Waals surface area contributed by atoms with E-state index in [1.807, 2.05) is 0 Å². The molecule has 0 spiro atoms. The van der Waals surface area contributed by atoms with Crippen molar-refractivity contribution in [2.45, 2.75) is 45.6 Å². The van der Waals surface area contributed by atoms with Crippen LogP contribution >= 0.6 is 0 Å². The summed E-state index contributed by atoms with van der Waals surface area (Å²) < 4.78 is 1.54. The second-order valence-electron chi connectivity index (χ2n) is 6.14. The van der Waals surface area contributed by atoms with Gasteiger partial charge in [-0.2, -0.15) is 4.98 Å². The normalized spacial score (nSPS) is 21.1. The average molecular weight is 316 g/mol. The number of anilines is 1. The Morgan fingerprint density at radius 2 is 2.22 bits per heavy atom. The minimum absolute atomic E-state index is 0.0921. The van der Waals surface area contributed by atoms with E-state index in [1.54, 1.807) is 23.9 Å². The second-order valence-corrected chi connectivity index (χ2v) is 6.14. The average Bonchev–Trinajstić information content (AvgIpc) is 3.00. The summed E-state index contributed by atoms with van der Waals surface area (Å²) in [5.41, 5.74) is 0.255. The molecule has 1 aliphatic carbocycles. The van der Waals surface area contributed by atoms with E-state index in [0.717, 1.165) is 12.8 Å². The smallest absolute Gasteiger partial charge is 0.333 e. The van der Waals surface area contributed by atoms with Crippen LogP contribution in [0.1, 0.15) is 38.3 Å². The number of nitrogens with zero attached hydrogens (tertiary/aromatic N) is 5. The van der Waals surface area contributed by atoms with Gasteiger partial charge in [0.05, 0.1) is 4.92 Å². The zero-order valence-corrected chi connectivity index (χ0v) is 13.3. The number of nitrogens with one attached hydrogen (secondary N) is 1. The Balaban J connectivity index is 1.94. The highest BCUT2D eigenvalue weighted by Crippen LogP contribution is 2.28.